The third-order valence-electron chi connectivity index (χ3n) is 1.10. The molecule has 0 bridgehead atoms. The van der Waals surface area contributed by atoms with Crippen molar-refractivity contribution < 1.29 is 47.3 Å². The molecule has 0 aliphatic heterocycles. The van der Waals surface area contributed by atoms with Crippen molar-refractivity contribution in [1.82, 2.24) is 0 Å². The molecular formula is C8H9INNaO4S. The molecule has 1 rings (SSSR count). The van der Waals surface area contributed by atoms with Gasteiger partial charge in [-0.1, -0.05) is 0 Å². The monoisotopic (exact) mass is 365 g/mol. The molecule has 0 fully saturated rings. The average Bonchev–Trinajstić information content (AvgIpc) is 2.01. The summed E-state index contributed by atoms with van der Waals surface area (Å²) >= 11 is 2.03. The van der Waals surface area contributed by atoms with E-state index in [1.807, 2.05) is 22.6 Å². The van der Waals surface area contributed by atoms with Crippen LogP contribution >= 0.6 is 22.6 Å². The van der Waals surface area contributed by atoms with Crippen LogP contribution in [-0.4, -0.2) is 18.9 Å². The first-order valence-electron chi connectivity index (χ1n) is 3.71. The van der Waals surface area contributed by atoms with Crippen LogP contribution in [0.3, 0.4) is 0 Å². The minimum atomic E-state index is -4.27. The van der Waals surface area contributed by atoms with E-state index in [1.165, 1.54) is 19.1 Å². The van der Waals surface area contributed by atoms with Gasteiger partial charge in [-0.25, -0.2) is 8.42 Å². The molecule has 0 saturated carbocycles. The summed E-state index contributed by atoms with van der Waals surface area (Å²) in [5.41, 5.74) is 4.47. The van der Waals surface area contributed by atoms with E-state index in [1.54, 1.807) is 12.1 Å². The van der Waals surface area contributed by atoms with Crippen molar-refractivity contribution in [2.24, 2.45) is 5.73 Å². The second kappa shape index (κ2) is 8.43. The van der Waals surface area contributed by atoms with Crippen LogP contribution in [0.25, 0.3) is 0 Å². The summed E-state index contributed by atoms with van der Waals surface area (Å²) < 4.78 is 32.1. The van der Waals surface area contributed by atoms with E-state index in [-0.39, 0.29) is 40.4 Å². The summed E-state index contributed by atoms with van der Waals surface area (Å²) in [5, 5.41) is 0. The van der Waals surface area contributed by atoms with E-state index in [0.29, 0.717) is 0 Å². The molecule has 0 atom stereocenters. The zero-order valence-electron chi connectivity index (χ0n) is 8.81. The quantitative estimate of drug-likeness (QED) is 0.343. The molecule has 0 saturated heterocycles. The summed E-state index contributed by atoms with van der Waals surface area (Å²) in [6.07, 6.45) is 0. The summed E-state index contributed by atoms with van der Waals surface area (Å²) in [5.74, 6) is -0.333. The molecule has 1 aromatic rings. The largest absolute Gasteiger partial charge is 1.00 e. The molecule has 0 aliphatic carbocycles. The molecule has 0 spiro atoms. The standard InChI is InChI=1S/C6H5IO3S.C2H5NO.Na/c7-5-1-3-6(4-2-5)11(8,9)10;1-2(3)4;/h1-4H,(H,8,9,10);1H3,(H2,3,4);/q;;+1/p-1. The molecule has 0 aliphatic rings. The molecule has 16 heavy (non-hydrogen) atoms. The van der Waals surface area contributed by atoms with Gasteiger partial charge in [0, 0.05) is 10.5 Å². The van der Waals surface area contributed by atoms with Crippen LogP contribution in [-0.2, 0) is 14.9 Å². The van der Waals surface area contributed by atoms with Crippen molar-refractivity contribution in [3.63, 3.8) is 0 Å². The number of halogens is 1. The summed E-state index contributed by atoms with van der Waals surface area (Å²) in [6, 6.07) is 5.74. The van der Waals surface area contributed by atoms with E-state index < -0.39 is 10.1 Å². The first-order valence-corrected chi connectivity index (χ1v) is 6.19. The normalized spacial score (nSPS) is 9.44. The van der Waals surface area contributed by atoms with Crippen LogP contribution in [0, 0.1) is 3.57 Å². The fourth-order valence-corrected chi connectivity index (χ4v) is 1.43. The van der Waals surface area contributed by atoms with Gasteiger partial charge in [-0.15, -0.1) is 0 Å². The minimum absolute atomic E-state index is 0. The Bertz CT molecular complexity index is 428. The third-order valence-corrected chi connectivity index (χ3v) is 2.67. The topological polar surface area (TPSA) is 100 Å². The van der Waals surface area contributed by atoms with E-state index >= 15 is 0 Å². The van der Waals surface area contributed by atoms with Gasteiger partial charge in [0.15, 0.2) is 0 Å². The summed E-state index contributed by atoms with van der Waals surface area (Å²) in [6.45, 7) is 1.31. The van der Waals surface area contributed by atoms with Crippen LogP contribution in [0.4, 0.5) is 0 Å². The Balaban J connectivity index is 0. The molecule has 0 aromatic heterocycles. The summed E-state index contributed by atoms with van der Waals surface area (Å²) in [7, 11) is -4.27. The SMILES string of the molecule is CC(N)=O.O=S(=O)([O-])c1ccc(I)cc1.[Na+]. The van der Waals surface area contributed by atoms with Gasteiger partial charge in [0.25, 0.3) is 0 Å². The van der Waals surface area contributed by atoms with Gasteiger partial charge < -0.3 is 10.3 Å². The Morgan fingerprint density at radius 1 is 1.31 bits per heavy atom. The van der Waals surface area contributed by atoms with Crippen molar-refractivity contribution in [2.45, 2.75) is 11.8 Å². The predicted octanol–water partition coefficient (Wildman–Crippen LogP) is -2.31. The number of nitrogens with two attached hydrogens (primary N) is 1. The molecule has 1 aromatic carbocycles. The van der Waals surface area contributed by atoms with Crippen molar-refractivity contribution in [3.8, 4) is 0 Å². The Morgan fingerprint density at radius 2 is 1.62 bits per heavy atom. The Hall–Kier alpha value is 0.330. The number of hydrogen-bond acceptors (Lipinski definition) is 4. The number of primary amides is 1. The van der Waals surface area contributed by atoms with Crippen LogP contribution in [0.5, 0.6) is 0 Å². The molecule has 2 N–H and O–H groups in total. The van der Waals surface area contributed by atoms with Gasteiger partial charge in [0.2, 0.25) is 5.91 Å². The smallest absolute Gasteiger partial charge is 0.744 e. The third kappa shape index (κ3) is 9.55. The van der Waals surface area contributed by atoms with Crippen molar-refractivity contribution in [1.29, 1.82) is 0 Å². The van der Waals surface area contributed by atoms with Crippen molar-refractivity contribution >= 4 is 38.6 Å². The van der Waals surface area contributed by atoms with Gasteiger partial charge in [0.05, 0.1) is 4.90 Å². The van der Waals surface area contributed by atoms with E-state index in [2.05, 4.69) is 5.73 Å². The number of carbonyl (C=O) groups excluding carboxylic acids is 1. The van der Waals surface area contributed by atoms with Gasteiger partial charge in [-0.3, -0.25) is 4.79 Å². The minimum Gasteiger partial charge on any atom is -0.744 e. The molecule has 1 amide bonds. The van der Waals surface area contributed by atoms with Crippen LogP contribution in [0.15, 0.2) is 29.2 Å². The fourth-order valence-electron chi connectivity index (χ4n) is 0.601. The Labute approximate surface area is 130 Å². The maximum atomic E-state index is 10.4. The molecule has 5 nitrogen and oxygen atoms in total. The molecule has 0 heterocycles. The number of amides is 1. The zero-order chi connectivity index (χ0) is 12.1. The van der Waals surface area contributed by atoms with E-state index in [9.17, 15) is 17.8 Å². The number of benzene rings is 1. The molecule has 0 unspecified atom stereocenters. The zero-order valence-corrected chi connectivity index (χ0v) is 13.8. The van der Waals surface area contributed by atoms with Crippen LogP contribution in [0.1, 0.15) is 6.92 Å². The molecule has 0 radical (unpaired) electrons. The van der Waals surface area contributed by atoms with Gasteiger partial charge in [-0.05, 0) is 46.9 Å². The average molecular weight is 365 g/mol. The Morgan fingerprint density at radius 3 is 1.88 bits per heavy atom. The van der Waals surface area contributed by atoms with Crippen LogP contribution < -0.4 is 35.3 Å². The molecule has 84 valence electrons. The number of rotatable bonds is 1. The number of hydrogen-bond donors (Lipinski definition) is 1. The number of carbonyl (C=O) groups is 1. The fraction of sp³-hybridized carbons (Fsp3) is 0.125. The second-order valence-electron chi connectivity index (χ2n) is 2.52. The first kappa shape index (κ1) is 18.7. The van der Waals surface area contributed by atoms with Crippen molar-refractivity contribution in [3.05, 3.63) is 27.8 Å². The molecular weight excluding hydrogens is 356 g/mol. The Kier molecular flexibility index (Phi) is 9.84. The summed E-state index contributed by atoms with van der Waals surface area (Å²) in [4.78, 5) is 9.04. The molecule has 8 heteroatoms. The maximum absolute atomic E-state index is 10.4. The van der Waals surface area contributed by atoms with Gasteiger partial charge in [0.1, 0.15) is 10.1 Å². The van der Waals surface area contributed by atoms with E-state index in [4.69, 9.17) is 0 Å². The van der Waals surface area contributed by atoms with Crippen LogP contribution in [0.2, 0.25) is 0 Å². The second-order valence-corrected chi connectivity index (χ2v) is 5.14. The maximum Gasteiger partial charge on any atom is 1.00 e. The predicted molar refractivity (Wildman–Crippen MR) is 62.0 cm³/mol. The van der Waals surface area contributed by atoms with E-state index in [0.717, 1.165) is 3.57 Å². The van der Waals surface area contributed by atoms with Gasteiger partial charge in [-0.2, -0.15) is 0 Å². The van der Waals surface area contributed by atoms with Crippen molar-refractivity contribution in [2.75, 3.05) is 0 Å². The first-order chi connectivity index (χ1) is 6.73. The van der Waals surface area contributed by atoms with Gasteiger partial charge >= 0.3 is 29.6 Å².